The molecule has 2 aromatic rings. The van der Waals surface area contributed by atoms with Crippen molar-refractivity contribution in [1.29, 1.82) is 0 Å². The molecule has 0 aliphatic heterocycles. The van der Waals surface area contributed by atoms with Crippen LogP contribution in [0.5, 0.6) is 5.88 Å². The Labute approximate surface area is 111 Å². The zero-order valence-corrected chi connectivity index (χ0v) is 11.3. The van der Waals surface area contributed by atoms with Gasteiger partial charge in [0.2, 0.25) is 5.88 Å². The normalized spacial score (nSPS) is 10.6. The van der Waals surface area contributed by atoms with E-state index in [1.807, 2.05) is 56.3 Å². The van der Waals surface area contributed by atoms with Gasteiger partial charge in [-0.15, -0.1) is 0 Å². The van der Waals surface area contributed by atoms with Gasteiger partial charge in [-0.05, 0) is 38.1 Å². The van der Waals surface area contributed by atoms with Crippen LogP contribution in [-0.2, 0) is 0 Å². The van der Waals surface area contributed by atoms with Gasteiger partial charge in [-0.1, -0.05) is 30.0 Å². The first-order valence-corrected chi connectivity index (χ1v) is 6.63. The molecule has 0 radical (unpaired) electrons. The highest BCUT2D eigenvalue weighted by molar-refractivity contribution is 7.99. The lowest BCUT2D eigenvalue weighted by atomic mass is 10.4. The zero-order chi connectivity index (χ0) is 13.0. The molecule has 1 heterocycles. The quantitative estimate of drug-likeness (QED) is 0.912. The molecular weight excluding hydrogens is 244 g/mol. The molecule has 4 heteroatoms. The van der Waals surface area contributed by atoms with E-state index < -0.39 is 0 Å². The van der Waals surface area contributed by atoms with E-state index in [1.54, 1.807) is 11.8 Å². The Morgan fingerprint density at radius 3 is 2.50 bits per heavy atom. The van der Waals surface area contributed by atoms with Crippen molar-refractivity contribution in [3.05, 3.63) is 42.5 Å². The van der Waals surface area contributed by atoms with Crippen LogP contribution in [0, 0.1) is 0 Å². The Bertz CT molecular complexity index is 514. The maximum Gasteiger partial charge on any atom is 0.238 e. The first kappa shape index (κ1) is 12.8. The minimum atomic E-state index is 0.0665. The third kappa shape index (κ3) is 3.40. The number of hydrogen-bond donors (Lipinski definition) is 1. The van der Waals surface area contributed by atoms with E-state index in [9.17, 15) is 0 Å². The molecule has 1 aromatic carbocycles. The van der Waals surface area contributed by atoms with Gasteiger partial charge in [-0.3, -0.25) is 0 Å². The summed E-state index contributed by atoms with van der Waals surface area (Å²) in [6.07, 6.45) is 0.0665. The van der Waals surface area contributed by atoms with Crippen LogP contribution in [0.3, 0.4) is 0 Å². The van der Waals surface area contributed by atoms with Crippen molar-refractivity contribution in [1.82, 2.24) is 4.98 Å². The summed E-state index contributed by atoms with van der Waals surface area (Å²) in [6, 6.07) is 13.8. The van der Waals surface area contributed by atoms with Crippen molar-refractivity contribution in [2.45, 2.75) is 29.9 Å². The van der Waals surface area contributed by atoms with Gasteiger partial charge in [-0.25, -0.2) is 4.98 Å². The summed E-state index contributed by atoms with van der Waals surface area (Å²) in [5.41, 5.74) is 6.40. The number of hydrogen-bond acceptors (Lipinski definition) is 4. The minimum absolute atomic E-state index is 0.0665. The van der Waals surface area contributed by atoms with Crippen LogP contribution in [0.4, 0.5) is 5.69 Å². The second-order valence-electron chi connectivity index (χ2n) is 4.13. The fourth-order valence-corrected chi connectivity index (χ4v) is 2.22. The zero-order valence-electron chi connectivity index (χ0n) is 10.5. The highest BCUT2D eigenvalue weighted by Gasteiger charge is 2.07. The van der Waals surface area contributed by atoms with Gasteiger partial charge >= 0.3 is 0 Å². The second kappa shape index (κ2) is 5.78. The molecule has 0 aliphatic carbocycles. The van der Waals surface area contributed by atoms with Crippen LogP contribution < -0.4 is 10.5 Å². The van der Waals surface area contributed by atoms with E-state index in [4.69, 9.17) is 10.5 Å². The molecule has 94 valence electrons. The van der Waals surface area contributed by atoms with E-state index >= 15 is 0 Å². The number of pyridine rings is 1. The third-order valence-electron chi connectivity index (χ3n) is 2.18. The number of anilines is 1. The number of aromatic nitrogens is 1. The number of nitrogens with zero attached hydrogens (tertiary/aromatic N) is 1. The highest BCUT2D eigenvalue weighted by atomic mass is 32.2. The molecule has 3 nitrogen and oxygen atoms in total. The smallest absolute Gasteiger partial charge is 0.238 e. The molecule has 1 aromatic heterocycles. The molecule has 18 heavy (non-hydrogen) atoms. The van der Waals surface area contributed by atoms with Crippen molar-refractivity contribution in [3.63, 3.8) is 0 Å². The van der Waals surface area contributed by atoms with Gasteiger partial charge in [0.05, 0.1) is 11.8 Å². The van der Waals surface area contributed by atoms with E-state index in [2.05, 4.69) is 4.98 Å². The van der Waals surface area contributed by atoms with E-state index in [0.717, 1.165) is 9.92 Å². The maximum atomic E-state index is 5.83. The lowest BCUT2D eigenvalue weighted by Gasteiger charge is -2.11. The monoisotopic (exact) mass is 260 g/mol. The summed E-state index contributed by atoms with van der Waals surface area (Å²) in [6.45, 7) is 3.91. The fourth-order valence-electron chi connectivity index (χ4n) is 1.42. The summed E-state index contributed by atoms with van der Waals surface area (Å²) < 4.78 is 5.57. The van der Waals surface area contributed by atoms with E-state index in [-0.39, 0.29) is 6.10 Å². The van der Waals surface area contributed by atoms with Crippen LogP contribution >= 0.6 is 11.8 Å². The van der Waals surface area contributed by atoms with Crippen molar-refractivity contribution in [2.24, 2.45) is 0 Å². The van der Waals surface area contributed by atoms with Crippen LogP contribution in [0.15, 0.2) is 52.4 Å². The average Bonchev–Trinajstić information content (AvgIpc) is 2.34. The van der Waals surface area contributed by atoms with Gasteiger partial charge in [0.15, 0.2) is 0 Å². The van der Waals surface area contributed by atoms with Crippen molar-refractivity contribution < 1.29 is 4.74 Å². The molecule has 2 N–H and O–H groups in total. The van der Waals surface area contributed by atoms with Gasteiger partial charge in [0, 0.05) is 4.90 Å². The lowest BCUT2D eigenvalue weighted by Crippen LogP contribution is -2.09. The number of benzene rings is 1. The molecule has 0 amide bonds. The van der Waals surface area contributed by atoms with E-state index in [1.165, 1.54) is 0 Å². The standard InChI is InChI=1S/C14H16N2OS/c1-10(2)17-14-12(15)8-9-13(16-14)18-11-6-4-3-5-7-11/h3-10H,15H2,1-2H3. The van der Waals surface area contributed by atoms with Gasteiger partial charge in [-0.2, -0.15) is 0 Å². The molecule has 0 saturated carbocycles. The molecule has 0 aliphatic rings. The number of nitrogens with two attached hydrogens (primary N) is 1. The Morgan fingerprint density at radius 1 is 1.11 bits per heavy atom. The SMILES string of the molecule is CC(C)Oc1nc(Sc2ccccc2)ccc1N. The Morgan fingerprint density at radius 2 is 1.83 bits per heavy atom. The molecule has 2 rings (SSSR count). The summed E-state index contributed by atoms with van der Waals surface area (Å²) in [4.78, 5) is 5.57. The van der Waals surface area contributed by atoms with Gasteiger partial charge in [0.1, 0.15) is 5.03 Å². The van der Waals surface area contributed by atoms with Gasteiger partial charge < -0.3 is 10.5 Å². The number of nitrogen functional groups attached to an aromatic ring is 1. The van der Waals surface area contributed by atoms with Crippen LogP contribution in [0.1, 0.15) is 13.8 Å². The van der Waals surface area contributed by atoms with Crippen molar-refractivity contribution in [3.8, 4) is 5.88 Å². The Kier molecular flexibility index (Phi) is 4.10. The summed E-state index contributed by atoms with van der Waals surface area (Å²) >= 11 is 1.59. The average molecular weight is 260 g/mol. The molecule has 0 bridgehead atoms. The molecule has 0 fully saturated rings. The van der Waals surface area contributed by atoms with Crippen molar-refractivity contribution >= 4 is 17.4 Å². The summed E-state index contributed by atoms with van der Waals surface area (Å²) in [7, 11) is 0. The fraction of sp³-hybridized carbons (Fsp3) is 0.214. The number of rotatable bonds is 4. The number of ether oxygens (including phenoxy) is 1. The van der Waals surface area contributed by atoms with E-state index in [0.29, 0.717) is 11.6 Å². The molecule has 0 atom stereocenters. The molecule has 0 spiro atoms. The second-order valence-corrected chi connectivity index (χ2v) is 5.22. The first-order valence-electron chi connectivity index (χ1n) is 5.81. The lowest BCUT2D eigenvalue weighted by molar-refractivity contribution is 0.232. The predicted octanol–water partition coefficient (Wildman–Crippen LogP) is 3.60. The summed E-state index contributed by atoms with van der Waals surface area (Å²) in [5.74, 6) is 0.505. The minimum Gasteiger partial charge on any atom is -0.473 e. The Balaban J connectivity index is 2.19. The topological polar surface area (TPSA) is 48.1 Å². The molecule has 0 saturated heterocycles. The van der Waals surface area contributed by atoms with Crippen LogP contribution in [0.25, 0.3) is 0 Å². The maximum absolute atomic E-state index is 5.83. The van der Waals surface area contributed by atoms with Gasteiger partial charge in [0.25, 0.3) is 0 Å². The largest absolute Gasteiger partial charge is 0.473 e. The van der Waals surface area contributed by atoms with Crippen molar-refractivity contribution in [2.75, 3.05) is 5.73 Å². The summed E-state index contributed by atoms with van der Waals surface area (Å²) in [5, 5.41) is 0.881. The third-order valence-corrected chi connectivity index (χ3v) is 3.12. The molecule has 0 unspecified atom stereocenters. The first-order chi connectivity index (χ1) is 8.65. The van der Waals surface area contributed by atoms with Crippen LogP contribution in [0.2, 0.25) is 0 Å². The Hall–Kier alpha value is -1.68. The molecular formula is C14H16N2OS. The predicted molar refractivity (Wildman–Crippen MR) is 75.0 cm³/mol. The highest BCUT2D eigenvalue weighted by Crippen LogP contribution is 2.29. The van der Waals surface area contributed by atoms with Crippen LogP contribution in [-0.4, -0.2) is 11.1 Å².